The van der Waals surface area contributed by atoms with Gasteiger partial charge in [-0.15, -0.1) is 10.2 Å². The Morgan fingerprint density at radius 2 is 2.05 bits per heavy atom. The van der Waals surface area contributed by atoms with E-state index in [0.717, 1.165) is 28.9 Å². The van der Waals surface area contributed by atoms with Gasteiger partial charge in [-0.2, -0.15) is 0 Å². The summed E-state index contributed by atoms with van der Waals surface area (Å²) in [5.74, 6) is 1.36. The fraction of sp³-hybridized carbons (Fsp3) is 0.200. The average Bonchev–Trinajstić information content (AvgIpc) is 2.89. The fourth-order valence-corrected chi connectivity index (χ4v) is 3.12. The van der Waals surface area contributed by atoms with Gasteiger partial charge in [0.15, 0.2) is 5.65 Å². The molecule has 0 bridgehead atoms. The van der Waals surface area contributed by atoms with E-state index in [4.69, 9.17) is 0 Å². The number of halogens is 1. The molecular weight excluding hydrogens is 316 g/mol. The molecule has 0 radical (unpaired) electrons. The lowest BCUT2D eigenvalue weighted by Gasteiger charge is -2.24. The second-order valence-electron chi connectivity index (χ2n) is 5.07. The number of rotatable bonds is 1. The molecule has 4 nitrogen and oxygen atoms in total. The van der Waals surface area contributed by atoms with Gasteiger partial charge in [0.25, 0.3) is 0 Å². The minimum atomic E-state index is 0.342. The number of hydrogen-bond acceptors (Lipinski definition) is 3. The number of pyridine rings is 1. The fourth-order valence-electron chi connectivity index (χ4n) is 2.79. The number of aromatic nitrogens is 3. The second kappa shape index (κ2) is 4.59. The van der Waals surface area contributed by atoms with Crippen LogP contribution in [0.15, 0.2) is 47.1 Å². The molecule has 20 heavy (non-hydrogen) atoms. The molecule has 3 heterocycles. The third-order valence-electron chi connectivity index (χ3n) is 3.78. The van der Waals surface area contributed by atoms with Crippen molar-refractivity contribution in [1.29, 1.82) is 0 Å². The number of para-hydroxylation sites is 1. The van der Waals surface area contributed by atoms with Crippen molar-refractivity contribution in [1.82, 2.24) is 14.6 Å². The molecule has 100 valence electrons. The minimum absolute atomic E-state index is 0.342. The Morgan fingerprint density at radius 3 is 3.00 bits per heavy atom. The first-order valence-corrected chi connectivity index (χ1v) is 7.42. The van der Waals surface area contributed by atoms with Gasteiger partial charge in [-0.1, -0.05) is 18.2 Å². The molecule has 1 aliphatic rings. The Labute approximate surface area is 125 Å². The quantitative estimate of drug-likeness (QED) is 0.745. The summed E-state index contributed by atoms with van der Waals surface area (Å²) < 4.78 is 3.11. The number of nitrogens with one attached hydrogen (secondary N) is 1. The van der Waals surface area contributed by atoms with E-state index in [1.807, 2.05) is 18.3 Å². The van der Waals surface area contributed by atoms with Crippen molar-refractivity contribution in [3.8, 4) is 0 Å². The Bertz CT molecular complexity index is 780. The first-order chi connectivity index (χ1) is 9.81. The van der Waals surface area contributed by atoms with Crippen LogP contribution in [0.25, 0.3) is 5.65 Å². The van der Waals surface area contributed by atoms with Gasteiger partial charge >= 0.3 is 0 Å². The van der Waals surface area contributed by atoms with Gasteiger partial charge in [-0.05, 0) is 46.1 Å². The lowest BCUT2D eigenvalue weighted by molar-refractivity contribution is 0.640. The zero-order valence-electron chi connectivity index (χ0n) is 10.8. The lowest BCUT2D eigenvalue weighted by Crippen LogP contribution is -2.23. The highest BCUT2D eigenvalue weighted by Gasteiger charge is 2.23. The largest absolute Gasteiger partial charge is 0.384 e. The maximum atomic E-state index is 4.39. The van der Waals surface area contributed by atoms with Crippen LogP contribution in [0.4, 0.5) is 5.69 Å². The van der Waals surface area contributed by atoms with Crippen molar-refractivity contribution in [2.75, 3.05) is 11.9 Å². The molecule has 4 rings (SSSR count). The molecule has 0 saturated heterocycles. The second-order valence-corrected chi connectivity index (χ2v) is 5.99. The predicted octanol–water partition coefficient (Wildman–Crippen LogP) is 3.24. The van der Waals surface area contributed by atoms with Crippen LogP contribution in [0, 0.1) is 0 Å². The molecule has 3 aromatic rings. The van der Waals surface area contributed by atoms with E-state index in [1.54, 1.807) is 0 Å². The molecule has 0 saturated carbocycles. The monoisotopic (exact) mass is 328 g/mol. The summed E-state index contributed by atoms with van der Waals surface area (Å²) in [6.07, 6.45) is 3.03. The van der Waals surface area contributed by atoms with Crippen LogP contribution in [-0.4, -0.2) is 21.1 Å². The van der Waals surface area contributed by atoms with E-state index in [9.17, 15) is 0 Å². The van der Waals surface area contributed by atoms with Crippen LogP contribution in [-0.2, 0) is 6.42 Å². The van der Waals surface area contributed by atoms with E-state index >= 15 is 0 Å². The smallest absolute Gasteiger partial charge is 0.160 e. The van der Waals surface area contributed by atoms with E-state index in [2.05, 4.69) is 60.1 Å². The number of anilines is 1. The molecule has 2 aromatic heterocycles. The van der Waals surface area contributed by atoms with Crippen molar-refractivity contribution in [2.45, 2.75) is 12.3 Å². The Kier molecular flexibility index (Phi) is 2.73. The summed E-state index contributed by atoms with van der Waals surface area (Å²) in [6, 6.07) is 12.4. The molecule has 0 spiro atoms. The van der Waals surface area contributed by atoms with Gasteiger partial charge in [0, 0.05) is 28.8 Å². The standard InChI is InChI=1S/C15H13BrN4/c16-12-5-6-14-18-19-15(20(14)9-12)11-7-10-3-1-2-4-13(10)17-8-11/h1-6,9,11,17H,7-8H2. The molecule has 0 amide bonds. The molecule has 1 N–H and O–H groups in total. The Hall–Kier alpha value is -1.88. The first kappa shape index (κ1) is 11.9. The van der Waals surface area contributed by atoms with Crippen LogP contribution in [0.3, 0.4) is 0 Å². The summed E-state index contributed by atoms with van der Waals surface area (Å²) in [4.78, 5) is 0. The van der Waals surface area contributed by atoms with E-state index in [0.29, 0.717) is 5.92 Å². The first-order valence-electron chi connectivity index (χ1n) is 6.63. The topological polar surface area (TPSA) is 42.2 Å². The SMILES string of the molecule is Brc1ccc2nnc(C3CNc4ccccc4C3)n2c1. The summed E-state index contributed by atoms with van der Waals surface area (Å²) in [5, 5.41) is 12.1. The minimum Gasteiger partial charge on any atom is -0.384 e. The van der Waals surface area contributed by atoms with E-state index in [1.165, 1.54) is 11.3 Å². The van der Waals surface area contributed by atoms with Crippen LogP contribution in [0.2, 0.25) is 0 Å². The third-order valence-corrected chi connectivity index (χ3v) is 4.25. The van der Waals surface area contributed by atoms with Crippen molar-refractivity contribution >= 4 is 27.3 Å². The zero-order chi connectivity index (χ0) is 13.5. The van der Waals surface area contributed by atoms with Gasteiger partial charge in [0.2, 0.25) is 0 Å². The van der Waals surface area contributed by atoms with Gasteiger partial charge in [0.05, 0.1) is 0 Å². The molecular formula is C15H13BrN4. The van der Waals surface area contributed by atoms with Crippen LogP contribution < -0.4 is 5.32 Å². The number of fused-ring (bicyclic) bond motifs is 2. The van der Waals surface area contributed by atoms with Crippen LogP contribution in [0.5, 0.6) is 0 Å². The predicted molar refractivity (Wildman–Crippen MR) is 82.1 cm³/mol. The highest BCUT2D eigenvalue weighted by Crippen LogP contribution is 2.29. The van der Waals surface area contributed by atoms with Crippen LogP contribution >= 0.6 is 15.9 Å². The van der Waals surface area contributed by atoms with Gasteiger partial charge in [0.1, 0.15) is 5.82 Å². The molecule has 1 atom stereocenters. The molecule has 1 aliphatic heterocycles. The van der Waals surface area contributed by atoms with Crippen molar-refractivity contribution < 1.29 is 0 Å². The molecule has 1 aromatic carbocycles. The highest BCUT2D eigenvalue weighted by atomic mass is 79.9. The summed E-state index contributed by atoms with van der Waals surface area (Å²) >= 11 is 3.51. The summed E-state index contributed by atoms with van der Waals surface area (Å²) in [7, 11) is 0. The maximum absolute atomic E-state index is 4.39. The van der Waals surface area contributed by atoms with Crippen molar-refractivity contribution in [3.05, 3.63) is 58.5 Å². The van der Waals surface area contributed by atoms with Gasteiger partial charge in [-0.3, -0.25) is 4.40 Å². The van der Waals surface area contributed by atoms with E-state index < -0.39 is 0 Å². The normalized spacial score (nSPS) is 17.8. The highest BCUT2D eigenvalue weighted by molar-refractivity contribution is 9.10. The van der Waals surface area contributed by atoms with Crippen molar-refractivity contribution in [3.63, 3.8) is 0 Å². The van der Waals surface area contributed by atoms with Crippen LogP contribution in [0.1, 0.15) is 17.3 Å². The number of benzene rings is 1. The summed E-state index contributed by atoms with van der Waals surface area (Å²) in [6.45, 7) is 0.893. The van der Waals surface area contributed by atoms with E-state index in [-0.39, 0.29) is 0 Å². The number of nitrogens with zero attached hydrogens (tertiary/aromatic N) is 3. The average molecular weight is 329 g/mol. The maximum Gasteiger partial charge on any atom is 0.160 e. The Morgan fingerprint density at radius 1 is 1.15 bits per heavy atom. The molecule has 1 unspecified atom stereocenters. The van der Waals surface area contributed by atoms with Crippen molar-refractivity contribution in [2.24, 2.45) is 0 Å². The zero-order valence-corrected chi connectivity index (χ0v) is 12.3. The molecule has 5 heteroatoms. The summed E-state index contributed by atoms with van der Waals surface area (Å²) in [5.41, 5.74) is 3.47. The molecule has 0 fully saturated rings. The van der Waals surface area contributed by atoms with Gasteiger partial charge in [-0.25, -0.2) is 0 Å². The Balaban J connectivity index is 1.76. The lowest BCUT2D eigenvalue weighted by atomic mass is 9.93. The third kappa shape index (κ3) is 1.89. The number of hydrogen-bond donors (Lipinski definition) is 1. The van der Waals surface area contributed by atoms with Gasteiger partial charge < -0.3 is 5.32 Å². The molecule has 0 aliphatic carbocycles.